The summed E-state index contributed by atoms with van der Waals surface area (Å²) in [6.45, 7) is 3.95. The molecule has 0 unspecified atom stereocenters. The van der Waals surface area contributed by atoms with Gasteiger partial charge in [0.1, 0.15) is 0 Å². The number of nitrogens with zero attached hydrogens (tertiary/aromatic N) is 4. The monoisotopic (exact) mass is 523 g/mol. The number of nitrogens with one attached hydrogen (secondary N) is 2. The molecule has 0 fully saturated rings. The molecule has 2 aromatic carbocycles. The van der Waals surface area contributed by atoms with Crippen molar-refractivity contribution in [3.63, 3.8) is 0 Å². The molecule has 1 aliphatic rings. The third-order valence-corrected chi connectivity index (χ3v) is 3.77. The average Bonchev–Trinajstić information content (AvgIpc) is 3.00. The van der Waals surface area contributed by atoms with Gasteiger partial charge in [0.2, 0.25) is 0 Å². The summed E-state index contributed by atoms with van der Waals surface area (Å²) in [4.78, 5) is 0. The van der Waals surface area contributed by atoms with Crippen LogP contribution in [0.3, 0.4) is 0 Å². The second kappa shape index (κ2) is 13.0. The Morgan fingerprint density at radius 2 is 1.31 bits per heavy atom. The Labute approximate surface area is 201 Å². The van der Waals surface area contributed by atoms with Crippen molar-refractivity contribution in [2.45, 2.75) is 13.8 Å². The average molecular weight is 523 g/mol. The van der Waals surface area contributed by atoms with E-state index < -0.39 is 7.81 Å². The summed E-state index contributed by atoms with van der Waals surface area (Å²) in [5.74, 6) is 5.79. The van der Waals surface area contributed by atoms with Crippen LogP contribution >= 0.6 is 7.81 Å². The summed E-state index contributed by atoms with van der Waals surface area (Å²) in [6.07, 6.45) is 0. The molecular weight excluding hydrogens is 493 g/mol. The fraction of sp³-hybridized carbons (Fsp3) is 0.273. The maximum absolute atomic E-state index is 10.7. The van der Waals surface area contributed by atoms with Gasteiger partial charge in [-0.05, 0) is 26.0 Å². The van der Waals surface area contributed by atoms with Crippen LogP contribution in [0.25, 0.3) is 5.70 Å². The van der Waals surface area contributed by atoms with Crippen LogP contribution in [0.2, 0.25) is 0 Å². The Bertz CT molecular complexity index is 1010. The first-order valence-electron chi connectivity index (χ1n) is 10.00. The predicted octanol–water partition coefficient (Wildman–Crippen LogP) is 7.32. The number of hydrogen-bond donors (Lipinski definition) is 2. The van der Waals surface area contributed by atoms with E-state index in [4.69, 9.17) is 0 Å². The second-order valence-corrected chi connectivity index (χ2v) is 8.66. The topological polar surface area (TPSA) is 55.3 Å². The Kier molecular flexibility index (Phi) is 11.8. The van der Waals surface area contributed by atoms with Gasteiger partial charge in [-0.2, -0.15) is 5.11 Å². The van der Waals surface area contributed by atoms with Crippen LogP contribution in [0, 0.1) is 11.8 Å². The first-order valence-corrected chi connectivity index (χ1v) is 12.0. The molecule has 13 heteroatoms. The molecule has 0 bridgehead atoms. The Morgan fingerprint density at radius 3 is 1.63 bits per heavy atom. The van der Waals surface area contributed by atoms with E-state index in [1.54, 1.807) is 14.1 Å². The van der Waals surface area contributed by atoms with E-state index in [-0.39, 0.29) is 0 Å². The van der Waals surface area contributed by atoms with Gasteiger partial charge < -0.3 is 0 Å². The Balaban J connectivity index is 0.000000479. The maximum atomic E-state index is 9.87. The summed E-state index contributed by atoms with van der Waals surface area (Å²) >= 11 is 0. The fourth-order valence-electron chi connectivity index (χ4n) is 2.52. The second-order valence-electron chi connectivity index (χ2n) is 6.74. The number of hydrogen-bond acceptors (Lipinski definition) is 5. The van der Waals surface area contributed by atoms with Gasteiger partial charge in [-0.1, -0.05) is 59.7 Å². The van der Waals surface area contributed by atoms with E-state index in [1.807, 2.05) is 67.4 Å². The van der Waals surface area contributed by atoms with Crippen molar-refractivity contribution >= 4 is 13.5 Å². The zero-order valence-electron chi connectivity index (χ0n) is 20.3. The summed E-state index contributed by atoms with van der Waals surface area (Å²) in [6, 6.07) is 20.3. The fourth-order valence-corrected chi connectivity index (χ4v) is 2.52. The molecule has 0 amide bonds. The predicted molar refractivity (Wildman–Crippen MR) is 130 cm³/mol. The van der Waals surface area contributed by atoms with Gasteiger partial charge in [0, 0.05) is 32.3 Å². The number of rotatable bonds is 2. The molecule has 6 nitrogen and oxygen atoms in total. The molecule has 2 N–H and O–H groups in total. The van der Waals surface area contributed by atoms with Crippen LogP contribution in [-0.4, -0.2) is 38.2 Å². The molecule has 0 aromatic heterocycles. The molecule has 3 rings (SSSR count). The first-order chi connectivity index (χ1) is 16.0. The van der Waals surface area contributed by atoms with Crippen molar-refractivity contribution in [1.82, 2.24) is 21.0 Å². The molecule has 35 heavy (non-hydrogen) atoms. The van der Waals surface area contributed by atoms with Crippen molar-refractivity contribution in [3.05, 3.63) is 77.5 Å². The third-order valence-electron chi connectivity index (χ3n) is 3.77. The zero-order valence-corrected chi connectivity index (χ0v) is 21.2. The molecule has 1 aliphatic heterocycles. The molecule has 0 saturated carbocycles. The van der Waals surface area contributed by atoms with E-state index in [9.17, 15) is 25.2 Å². The van der Waals surface area contributed by atoms with Crippen LogP contribution in [-0.2, 0) is 0 Å². The minimum absolute atomic E-state index is 1.08. The normalized spacial score (nSPS) is 14.6. The van der Waals surface area contributed by atoms with Crippen LogP contribution in [0.1, 0.15) is 25.0 Å². The molecule has 0 radical (unpaired) electrons. The van der Waals surface area contributed by atoms with Gasteiger partial charge in [-0.15, -0.1) is 11.5 Å². The Morgan fingerprint density at radius 1 is 0.857 bits per heavy atom. The molecule has 196 valence electrons. The molecule has 2 aromatic rings. The number of hydrazine groups is 2. The van der Waals surface area contributed by atoms with Crippen LogP contribution in [0.15, 0.2) is 76.7 Å². The van der Waals surface area contributed by atoms with Crippen molar-refractivity contribution in [3.8, 4) is 11.8 Å². The Hall–Kier alpha value is -3.29. The summed E-state index contributed by atoms with van der Waals surface area (Å²) in [7, 11) is -3.31. The zero-order chi connectivity index (χ0) is 27.2. The van der Waals surface area contributed by atoms with Crippen molar-refractivity contribution in [2.24, 2.45) is 10.3 Å². The van der Waals surface area contributed by atoms with Gasteiger partial charge >= 0.3 is 33.0 Å². The molecule has 1 heterocycles. The van der Waals surface area contributed by atoms with Gasteiger partial charge in [0.15, 0.2) is 0 Å². The SMILES string of the molecule is CC#Cc1ccccc1.CC1=C(c2ccccc2)N(C)NN1C.CN=NNC.F[P-](F)(F)(F)(F)F. The number of allylic oxidation sites excluding steroid dienone is 1. The third kappa shape index (κ3) is 17.8. The van der Waals surface area contributed by atoms with Gasteiger partial charge in [-0.3, -0.25) is 15.4 Å². The van der Waals surface area contributed by atoms with E-state index in [1.165, 1.54) is 17.0 Å². The standard InChI is InChI=1S/C11H15N3.C9H8.C2H7N3.F6P/c1-9-11(14(3)12-13(9)2)10-7-5-4-6-8-10;1-2-6-9-7-4-3-5-8-9;1-3-5-4-2;1-7(2,3,4,5)6/h4-8,12H,1-3H3;3-5,7-8H,1H3;1-2H3,(H,3,4);/q;;;-1. The van der Waals surface area contributed by atoms with Gasteiger partial charge in [0.05, 0.1) is 18.4 Å². The van der Waals surface area contributed by atoms with E-state index in [0.717, 1.165) is 5.56 Å². The van der Waals surface area contributed by atoms with Gasteiger partial charge in [0.25, 0.3) is 0 Å². The van der Waals surface area contributed by atoms with Crippen LogP contribution in [0.5, 0.6) is 0 Å². The summed E-state index contributed by atoms with van der Waals surface area (Å²) in [5, 5.41) is 10.8. The van der Waals surface area contributed by atoms with Gasteiger partial charge in [-0.25, -0.2) is 0 Å². The number of halogens is 6. The van der Waals surface area contributed by atoms with Crippen molar-refractivity contribution < 1.29 is 25.2 Å². The number of benzene rings is 2. The van der Waals surface area contributed by atoms with E-state index in [0.29, 0.717) is 0 Å². The first kappa shape index (κ1) is 31.7. The molecule has 0 atom stereocenters. The van der Waals surface area contributed by atoms with Crippen LogP contribution < -0.4 is 11.0 Å². The van der Waals surface area contributed by atoms with E-state index >= 15 is 0 Å². The van der Waals surface area contributed by atoms with Crippen LogP contribution in [0.4, 0.5) is 25.2 Å². The summed E-state index contributed by atoms with van der Waals surface area (Å²) in [5.41, 5.74) is 10.5. The molecule has 0 aliphatic carbocycles. The van der Waals surface area contributed by atoms with Crippen molar-refractivity contribution in [2.75, 3.05) is 28.2 Å². The minimum atomic E-state index is -10.7. The molecule has 0 saturated heterocycles. The summed E-state index contributed by atoms with van der Waals surface area (Å²) < 4.78 is 59.2. The molecular formula is C22H30F6N6P-. The van der Waals surface area contributed by atoms with Crippen molar-refractivity contribution in [1.29, 1.82) is 0 Å². The quantitative estimate of drug-likeness (QED) is 0.142. The molecule has 0 spiro atoms. The van der Waals surface area contributed by atoms with E-state index in [2.05, 4.69) is 64.3 Å².